The zero-order valence-corrected chi connectivity index (χ0v) is 23.8. The molecule has 3 aromatic carbocycles. The quantitative estimate of drug-likeness (QED) is 0.194. The maximum Gasteiger partial charge on any atom is 0.305 e. The van der Waals surface area contributed by atoms with Crippen LogP contribution in [0.4, 0.5) is 0 Å². The first-order valence-electron chi connectivity index (χ1n) is 12.8. The lowest BCUT2D eigenvalue weighted by atomic mass is 10.0. The molecular weight excluding hydrogens is 563 g/mol. The molecule has 0 radical (unpaired) electrons. The van der Waals surface area contributed by atoms with Crippen LogP contribution in [0.3, 0.4) is 0 Å². The summed E-state index contributed by atoms with van der Waals surface area (Å²) in [4.78, 5) is 27.8. The number of pyridine rings is 1. The number of carboxylic acid groups (broad SMARTS) is 1. The normalized spacial score (nSPS) is 11.8. The van der Waals surface area contributed by atoms with Crippen LogP contribution < -0.4 is 10.1 Å². The maximum atomic E-state index is 12.4. The van der Waals surface area contributed by atoms with Crippen LogP contribution in [0, 0.1) is 0 Å². The minimum absolute atomic E-state index is 0.0613. The fourth-order valence-electron chi connectivity index (χ4n) is 4.56. The Hall–Kier alpha value is -4.40. The molecule has 0 bridgehead atoms. The Balaban J connectivity index is 1.53. The standard InChI is InChI=1S/C31H26Cl2N4O4/c1-18(19-3-5-20(6-4-19)31(40)34-10-9-30(38)39)37-29(16-28(36-37)22-12-24(32)14-25(33)13-22)23-11-21-7-8-26(41-2)15-27(21)35-17-23/h3-8,11-18H,9-10H2,1-2H3,(H,34,40)(H,38,39). The number of methoxy groups -OCH3 is 1. The molecule has 208 valence electrons. The third-order valence-electron chi connectivity index (χ3n) is 6.73. The molecule has 0 spiro atoms. The van der Waals surface area contributed by atoms with Crippen molar-refractivity contribution in [3.63, 3.8) is 0 Å². The SMILES string of the molecule is COc1ccc2cc(-c3cc(-c4cc(Cl)cc(Cl)c4)nn3C(C)c3ccc(C(=O)NCCC(=O)O)cc3)cnc2c1. The van der Waals surface area contributed by atoms with Crippen LogP contribution in [-0.2, 0) is 4.79 Å². The number of carboxylic acids is 1. The van der Waals surface area contributed by atoms with Crippen molar-refractivity contribution in [2.75, 3.05) is 13.7 Å². The van der Waals surface area contributed by atoms with E-state index < -0.39 is 5.97 Å². The number of hydrogen-bond donors (Lipinski definition) is 2. The molecule has 0 aliphatic carbocycles. The van der Waals surface area contributed by atoms with Gasteiger partial charge in [-0.15, -0.1) is 0 Å². The fraction of sp³-hybridized carbons (Fsp3) is 0.161. The number of nitrogens with zero attached hydrogens (tertiary/aromatic N) is 3. The molecule has 5 aromatic rings. The smallest absolute Gasteiger partial charge is 0.305 e. The van der Waals surface area contributed by atoms with E-state index in [1.807, 2.05) is 60.1 Å². The van der Waals surface area contributed by atoms with Crippen molar-refractivity contribution in [2.24, 2.45) is 0 Å². The van der Waals surface area contributed by atoms with Gasteiger partial charge < -0.3 is 15.2 Å². The monoisotopic (exact) mass is 588 g/mol. The van der Waals surface area contributed by atoms with Gasteiger partial charge in [0.15, 0.2) is 0 Å². The lowest BCUT2D eigenvalue weighted by molar-refractivity contribution is -0.136. The number of carbonyl (C=O) groups excluding carboxylic acids is 1. The van der Waals surface area contributed by atoms with Crippen LogP contribution in [0.15, 0.2) is 79.0 Å². The van der Waals surface area contributed by atoms with Gasteiger partial charge in [0.2, 0.25) is 0 Å². The van der Waals surface area contributed by atoms with Gasteiger partial charge in [0.05, 0.1) is 36.5 Å². The van der Waals surface area contributed by atoms with Crippen LogP contribution in [-0.4, -0.2) is 45.4 Å². The highest BCUT2D eigenvalue weighted by Crippen LogP contribution is 2.34. The van der Waals surface area contributed by atoms with Gasteiger partial charge in [0, 0.05) is 50.9 Å². The summed E-state index contributed by atoms with van der Waals surface area (Å²) < 4.78 is 7.25. The molecule has 0 aliphatic rings. The molecule has 0 saturated heterocycles. The van der Waals surface area contributed by atoms with E-state index >= 15 is 0 Å². The highest BCUT2D eigenvalue weighted by atomic mass is 35.5. The lowest BCUT2D eigenvalue weighted by Gasteiger charge is -2.17. The Kier molecular flexibility index (Phi) is 8.23. The highest BCUT2D eigenvalue weighted by Gasteiger charge is 2.19. The van der Waals surface area contributed by atoms with E-state index in [0.717, 1.165) is 39.0 Å². The van der Waals surface area contributed by atoms with Crippen molar-refractivity contribution >= 4 is 46.0 Å². The van der Waals surface area contributed by atoms with Gasteiger partial charge >= 0.3 is 5.97 Å². The molecule has 8 nitrogen and oxygen atoms in total. The number of benzene rings is 3. The number of hydrogen-bond acceptors (Lipinski definition) is 5. The van der Waals surface area contributed by atoms with Gasteiger partial charge in [0.1, 0.15) is 5.75 Å². The summed E-state index contributed by atoms with van der Waals surface area (Å²) in [6, 6.07) is 22.0. The van der Waals surface area contributed by atoms with Crippen LogP contribution in [0.5, 0.6) is 5.75 Å². The Bertz CT molecular complexity index is 1730. The summed E-state index contributed by atoms with van der Waals surface area (Å²) in [7, 11) is 1.62. The van der Waals surface area contributed by atoms with Gasteiger partial charge in [-0.1, -0.05) is 35.3 Å². The predicted octanol–water partition coefficient (Wildman–Crippen LogP) is 6.89. The van der Waals surface area contributed by atoms with Crippen LogP contribution in [0.2, 0.25) is 10.0 Å². The molecule has 0 aliphatic heterocycles. The van der Waals surface area contributed by atoms with E-state index in [2.05, 4.69) is 16.4 Å². The van der Waals surface area contributed by atoms with E-state index in [0.29, 0.717) is 21.3 Å². The molecule has 5 rings (SSSR count). The molecule has 2 heterocycles. The topological polar surface area (TPSA) is 106 Å². The Morgan fingerprint density at radius 3 is 2.39 bits per heavy atom. The number of fused-ring (bicyclic) bond motifs is 1. The van der Waals surface area contributed by atoms with Gasteiger partial charge in [-0.05, 0) is 67.1 Å². The number of carbonyl (C=O) groups is 2. The summed E-state index contributed by atoms with van der Waals surface area (Å²) in [5, 5.41) is 18.3. The predicted molar refractivity (Wildman–Crippen MR) is 160 cm³/mol. The van der Waals surface area contributed by atoms with Crippen molar-refractivity contribution < 1.29 is 19.4 Å². The van der Waals surface area contributed by atoms with Crippen molar-refractivity contribution in [1.82, 2.24) is 20.1 Å². The number of aromatic nitrogens is 3. The number of aliphatic carboxylic acids is 1. The van der Waals surface area contributed by atoms with Crippen LogP contribution in [0.1, 0.15) is 35.3 Å². The molecule has 0 fully saturated rings. The number of amides is 1. The highest BCUT2D eigenvalue weighted by molar-refractivity contribution is 6.35. The van der Waals surface area contributed by atoms with Crippen molar-refractivity contribution in [3.8, 4) is 28.3 Å². The van der Waals surface area contributed by atoms with Crippen molar-refractivity contribution in [2.45, 2.75) is 19.4 Å². The summed E-state index contributed by atoms with van der Waals surface area (Å²) in [5.41, 5.74) is 5.36. The second-order valence-corrected chi connectivity index (χ2v) is 10.4. The Labute approximate surface area is 246 Å². The second kappa shape index (κ2) is 12.0. The number of rotatable bonds is 9. The molecule has 2 N–H and O–H groups in total. The minimum atomic E-state index is -0.967. The zero-order chi connectivity index (χ0) is 29.1. The molecule has 41 heavy (non-hydrogen) atoms. The second-order valence-electron chi connectivity index (χ2n) is 9.50. The summed E-state index contributed by atoms with van der Waals surface area (Å²) in [6.07, 6.45) is 1.67. The Morgan fingerprint density at radius 1 is 0.976 bits per heavy atom. The van der Waals surface area contributed by atoms with Gasteiger partial charge in [-0.2, -0.15) is 5.10 Å². The average Bonchev–Trinajstić information content (AvgIpc) is 3.41. The van der Waals surface area contributed by atoms with E-state index in [9.17, 15) is 9.59 Å². The first kappa shape index (κ1) is 28.1. The van der Waals surface area contributed by atoms with Gasteiger partial charge in [-0.3, -0.25) is 19.3 Å². The molecule has 1 amide bonds. The van der Waals surface area contributed by atoms with E-state index in [-0.39, 0.29) is 24.9 Å². The summed E-state index contributed by atoms with van der Waals surface area (Å²) in [6.45, 7) is 2.08. The fourth-order valence-corrected chi connectivity index (χ4v) is 5.08. The first-order valence-corrected chi connectivity index (χ1v) is 13.6. The maximum absolute atomic E-state index is 12.4. The van der Waals surface area contributed by atoms with E-state index in [4.69, 9.17) is 38.1 Å². The molecule has 2 aromatic heterocycles. The third-order valence-corrected chi connectivity index (χ3v) is 7.16. The van der Waals surface area contributed by atoms with Gasteiger partial charge in [0.25, 0.3) is 5.91 Å². The minimum Gasteiger partial charge on any atom is -0.497 e. The molecule has 1 atom stereocenters. The Morgan fingerprint density at radius 2 is 1.71 bits per heavy atom. The number of nitrogens with one attached hydrogen (secondary N) is 1. The molecule has 0 saturated carbocycles. The summed E-state index contributed by atoms with van der Waals surface area (Å²) in [5.74, 6) is -0.565. The van der Waals surface area contributed by atoms with Crippen molar-refractivity contribution in [3.05, 3.63) is 100 Å². The summed E-state index contributed by atoms with van der Waals surface area (Å²) >= 11 is 12.6. The molecule has 1 unspecified atom stereocenters. The van der Waals surface area contributed by atoms with Crippen LogP contribution >= 0.6 is 23.2 Å². The van der Waals surface area contributed by atoms with Crippen molar-refractivity contribution in [1.29, 1.82) is 0 Å². The van der Waals surface area contributed by atoms with E-state index in [1.165, 1.54) is 0 Å². The number of halogens is 2. The first-order chi connectivity index (χ1) is 19.7. The van der Waals surface area contributed by atoms with E-state index in [1.54, 1.807) is 31.5 Å². The third kappa shape index (κ3) is 6.34. The largest absolute Gasteiger partial charge is 0.497 e. The molecule has 10 heteroatoms. The van der Waals surface area contributed by atoms with Gasteiger partial charge in [-0.25, -0.2) is 0 Å². The number of ether oxygens (including phenoxy) is 1. The van der Waals surface area contributed by atoms with Crippen LogP contribution in [0.25, 0.3) is 33.4 Å². The lowest BCUT2D eigenvalue weighted by Crippen LogP contribution is -2.26. The average molecular weight is 589 g/mol. The molecular formula is C31H26Cl2N4O4. The zero-order valence-electron chi connectivity index (χ0n) is 22.3.